The Hall–Kier alpha value is -1.39. The van der Waals surface area contributed by atoms with Crippen molar-refractivity contribution >= 4 is 11.0 Å². The molecule has 2 heterocycles. The lowest BCUT2D eigenvalue weighted by molar-refractivity contribution is 0.0342. The van der Waals surface area contributed by atoms with Crippen LogP contribution in [0.3, 0.4) is 0 Å². The van der Waals surface area contributed by atoms with E-state index in [2.05, 4.69) is 4.90 Å². The summed E-state index contributed by atoms with van der Waals surface area (Å²) in [5.74, 6) is -0.259. The van der Waals surface area contributed by atoms with Crippen molar-refractivity contribution in [2.75, 3.05) is 26.3 Å². The van der Waals surface area contributed by atoms with Gasteiger partial charge in [0.15, 0.2) is 0 Å². The number of hydrogen-bond acceptors (Lipinski definition) is 3. The molecule has 1 aromatic heterocycles. The Balaban J connectivity index is 1.84. The van der Waals surface area contributed by atoms with Crippen molar-refractivity contribution in [2.45, 2.75) is 6.54 Å². The van der Waals surface area contributed by atoms with E-state index in [1.807, 2.05) is 0 Å². The minimum absolute atomic E-state index is 0.259. The highest BCUT2D eigenvalue weighted by molar-refractivity contribution is 5.80. The fraction of sp³-hybridized carbons (Fsp3) is 0.385. The SMILES string of the molecule is Fc1ccc2c(CN3CCOCC3)coc2c1. The third-order valence-electron chi connectivity index (χ3n) is 3.12. The molecule has 4 heteroatoms. The van der Waals surface area contributed by atoms with Gasteiger partial charge in [-0.25, -0.2) is 4.39 Å². The molecule has 0 spiro atoms. The first kappa shape index (κ1) is 10.7. The second-order valence-corrected chi connectivity index (χ2v) is 4.29. The number of furan rings is 1. The first-order chi connectivity index (χ1) is 8.33. The highest BCUT2D eigenvalue weighted by Gasteiger charge is 2.14. The maximum Gasteiger partial charge on any atom is 0.137 e. The lowest BCUT2D eigenvalue weighted by atomic mass is 10.1. The van der Waals surface area contributed by atoms with E-state index >= 15 is 0 Å². The van der Waals surface area contributed by atoms with Gasteiger partial charge in [0, 0.05) is 36.7 Å². The van der Waals surface area contributed by atoms with Gasteiger partial charge in [-0.2, -0.15) is 0 Å². The summed E-state index contributed by atoms with van der Waals surface area (Å²) in [6.07, 6.45) is 1.72. The van der Waals surface area contributed by atoms with Crippen molar-refractivity contribution in [3.63, 3.8) is 0 Å². The molecular formula is C13H14FNO2. The molecule has 1 saturated heterocycles. The highest BCUT2D eigenvalue weighted by atomic mass is 19.1. The second kappa shape index (κ2) is 4.47. The lowest BCUT2D eigenvalue weighted by Gasteiger charge is -2.26. The molecule has 3 rings (SSSR count). The summed E-state index contributed by atoms with van der Waals surface area (Å²) in [6, 6.07) is 4.68. The molecule has 0 unspecified atom stereocenters. The quantitative estimate of drug-likeness (QED) is 0.799. The summed E-state index contributed by atoms with van der Waals surface area (Å²) in [4.78, 5) is 2.32. The van der Waals surface area contributed by atoms with Crippen LogP contribution in [0.5, 0.6) is 0 Å². The van der Waals surface area contributed by atoms with E-state index in [9.17, 15) is 4.39 Å². The van der Waals surface area contributed by atoms with Gasteiger partial charge in [0.2, 0.25) is 0 Å². The van der Waals surface area contributed by atoms with Crippen LogP contribution in [0, 0.1) is 5.82 Å². The molecule has 0 N–H and O–H groups in total. The van der Waals surface area contributed by atoms with Crippen molar-refractivity contribution in [1.82, 2.24) is 4.90 Å². The molecule has 0 bridgehead atoms. The van der Waals surface area contributed by atoms with E-state index in [0.717, 1.165) is 43.8 Å². The molecule has 3 nitrogen and oxygen atoms in total. The number of halogens is 1. The van der Waals surface area contributed by atoms with Gasteiger partial charge in [0.1, 0.15) is 11.4 Å². The number of rotatable bonds is 2. The van der Waals surface area contributed by atoms with Crippen molar-refractivity contribution in [3.8, 4) is 0 Å². The van der Waals surface area contributed by atoms with Crippen molar-refractivity contribution in [3.05, 3.63) is 35.8 Å². The van der Waals surface area contributed by atoms with Gasteiger partial charge in [0.05, 0.1) is 19.5 Å². The summed E-state index contributed by atoms with van der Waals surface area (Å²) in [6.45, 7) is 4.28. The van der Waals surface area contributed by atoms with Crippen LogP contribution in [-0.2, 0) is 11.3 Å². The Morgan fingerprint density at radius 1 is 1.24 bits per heavy atom. The van der Waals surface area contributed by atoms with E-state index in [-0.39, 0.29) is 5.82 Å². The largest absolute Gasteiger partial charge is 0.464 e. The summed E-state index contributed by atoms with van der Waals surface area (Å²) in [5.41, 5.74) is 1.73. The maximum absolute atomic E-state index is 13.0. The average molecular weight is 235 g/mol. The topological polar surface area (TPSA) is 25.6 Å². The van der Waals surface area contributed by atoms with Gasteiger partial charge in [-0.05, 0) is 12.1 Å². The number of hydrogen-bond donors (Lipinski definition) is 0. The maximum atomic E-state index is 13.0. The zero-order valence-electron chi connectivity index (χ0n) is 9.49. The smallest absolute Gasteiger partial charge is 0.137 e. The fourth-order valence-electron chi connectivity index (χ4n) is 2.18. The first-order valence-corrected chi connectivity index (χ1v) is 5.79. The summed E-state index contributed by atoms with van der Waals surface area (Å²) >= 11 is 0. The van der Waals surface area contributed by atoms with E-state index in [4.69, 9.17) is 9.15 Å². The molecule has 1 fully saturated rings. The van der Waals surface area contributed by atoms with Crippen molar-refractivity contribution in [1.29, 1.82) is 0 Å². The molecule has 1 aromatic carbocycles. The Morgan fingerprint density at radius 2 is 2.06 bits per heavy atom. The van der Waals surface area contributed by atoms with Crippen LogP contribution in [0.2, 0.25) is 0 Å². The van der Waals surface area contributed by atoms with Gasteiger partial charge in [-0.1, -0.05) is 0 Å². The molecule has 90 valence electrons. The van der Waals surface area contributed by atoms with Gasteiger partial charge >= 0.3 is 0 Å². The second-order valence-electron chi connectivity index (χ2n) is 4.29. The molecule has 0 atom stereocenters. The molecule has 1 aliphatic heterocycles. The summed E-state index contributed by atoms with van der Waals surface area (Å²) in [7, 11) is 0. The Morgan fingerprint density at radius 3 is 2.88 bits per heavy atom. The van der Waals surface area contributed by atoms with Gasteiger partial charge in [-0.3, -0.25) is 4.90 Å². The zero-order chi connectivity index (χ0) is 11.7. The third kappa shape index (κ3) is 2.18. The molecule has 0 saturated carbocycles. The molecule has 2 aromatic rings. The zero-order valence-corrected chi connectivity index (χ0v) is 9.49. The Labute approximate surface area is 98.8 Å². The van der Waals surface area contributed by atoms with Crippen molar-refractivity contribution < 1.29 is 13.5 Å². The minimum atomic E-state index is -0.259. The van der Waals surface area contributed by atoms with Crippen LogP contribution in [0.15, 0.2) is 28.9 Å². The van der Waals surface area contributed by atoms with E-state index in [0.29, 0.717) is 5.58 Å². The Bertz CT molecular complexity index is 517. The van der Waals surface area contributed by atoms with Crippen molar-refractivity contribution in [2.24, 2.45) is 0 Å². The number of benzene rings is 1. The minimum Gasteiger partial charge on any atom is -0.464 e. The van der Waals surface area contributed by atoms with Crippen LogP contribution in [-0.4, -0.2) is 31.2 Å². The molecule has 0 aliphatic carbocycles. The molecule has 1 aliphatic rings. The predicted octanol–water partition coefficient (Wildman–Crippen LogP) is 2.40. The van der Waals surface area contributed by atoms with Gasteiger partial charge in [0.25, 0.3) is 0 Å². The summed E-state index contributed by atoms with van der Waals surface area (Å²) in [5, 5.41) is 0.998. The monoisotopic (exact) mass is 235 g/mol. The number of fused-ring (bicyclic) bond motifs is 1. The third-order valence-corrected chi connectivity index (χ3v) is 3.12. The number of nitrogens with zero attached hydrogens (tertiary/aromatic N) is 1. The fourth-order valence-corrected chi connectivity index (χ4v) is 2.18. The van der Waals surface area contributed by atoms with Crippen LogP contribution >= 0.6 is 0 Å². The molecular weight excluding hydrogens is 221 g/mol. The highest BCUT2D eigenvalue weighted by Crippen LogP contribution is 2.23. The van der Waals surface area contributed by atoms with E-state index in [1.165, 1.54) is 12.1 Å². The van der Waals surface area contributed by atoms with E-state index < -0.39 is 0 Å². The molecule has 0 amide bonds. The van der Waals surface area contributed by atoms with E-state index in [1.54, 1.807) is 12.3 Å². The average Bonchev–Trinajstić information content (AvgIpc) is 2.73. The van der Waals surface area contributed by atoms with Crippen LogP contribution < -0.4 is 0 Å². The molecule has 17 heavy (non-hydrogen) atoms. The first-order valence-electron chi connectivity index (χ1n) is 5.79. The number of morpholine rings is 1. The normalized spacial score (nSPS) is 17.7. The van der Waals surface area contributed by atoms with Gasteiger partial charge in [-0.15, -0.1) is 0 Å². The van der Waals surface area contributed by atoms with Crippen LogP contribution in [0.4, 0.5) is 4.39 Å². The van der Waals surface area contributed by atoms with Gasteiger partial charge < -0.3 is 9.15 Å². The molecule has 0 radical (unpaired) electrons. The standard InChI is InChI=1S/C13H14FNO2/c14-11-1-2-12-10(9-17-13(12)7-11)8-15-3-5-16-6-4-15/h1-2,7,9H,3-6,8H2. The number of ether oxygens (including phenoxy) is 1. The van der Waals surface area contributed by atoms with Crippen LogP contribution in [0.25, 0.3) is 11.0 Å². The lowest BCUT2D eigenvalue weighted by Crippen LogP contribution is -2.35. The summed E-state index contributed by atoms with van der Waals surface area (Å²) < 4.78 is 23.7. The van der Waals surface area contributed by atoms with Crippen LogP contribution in [0.1, 0.15) is 5.56 Å². The Kier molecular flexibility index (Phi) is 2.82. The predicted molar refractivity (Wildman–Crippen MR) is 62.3 cm³/mol.